The maximum absolute atomic E-state index is 11.6. The number of hydrogen-bond acceptors (Lipinski definition) is 3. The zero-order valence-electron chi connectivity index (χ0n) is 10.1. The van der Waals surface area contributed by atoms with Crippen LogP contribution in [0.4, 0.5) is 0 Å². The second-order valence-corrected chi connectivity index (χ2v) is 4.32. The van der Waals surface area contributed by atoms with Crippen LogP contribution in [0.5, 0.6) is 0 Å². The van der Waals surface area contributed by atoms with Gasteiger partial charge in [0.1, 0.15) is 0 Å². The maximum atomic E-state index is 11.6. The Kier molecular flexibility index (Phi) is 2.80. The fraction of sp³-hybridized carbons (Fsp3) is 0.0625. The first-order valence-corrected chi connectivity index (χ1v) is 6.02. The summed E-state index contributed by atoms with van der Waals surface area (Å²) in [5.41, 5.74) is 2.16. The molecule has 0 aliphatic carbocycles. The summed E-state index contributed by atoms with van der Waals surface area (Å²) in [6.45, 7) is 0. The third-order valence-electron chi connectivity index (χ3n) is 3.12. The largest absolute Gasteiger partial charge is 0.502 e. The van der Waals surface area contributed by atoms with Gasteiger partial charge < -0.3 is 9.84 Å². The average Bonchev–Trinajstić information content (AvgIpc) is 2.77. The summed E-state index contributed by atoms with van der Waals surface area (Å²) in [7, 11) is 0. The van der Waals surface area contributed by atoms with Crippen molar-refractivity contribution in [2.24, 2.45) is 0 Å². The fourth-order valence-electron chi connectivity index (χ4n) is 2.22. The van der Waals surface area contributed by atoms with Crippen molar-refractivity contribution in [1.82, 2.24) is 0 Å². The monoisotopic (exact) mass is 252 g/mol. The number of carbonyl (C=O) groups excluding carboxylic acids is 1. The van der Waals surface area contributed by atoms with E-state index in [1.54, 1.807) is 0 Å². The first kappa shape index (κ1) is 11.5. The maximum Gasteiger partial charge on any atom is 0.374 e. The second-order valence-electron chi connectivity index (χ2n) is 4.32. The molecule has 1 N–H and O–H groups in total. The van der Waals surface area contributed by atoms with Gasteiger partial charge in [0.05, 0.1) is 5.57 Å². The van der Waals surface area contributed by atoms with Crippen molar-refractivity contribution in [3.8, 4) is 0 Å². The van der Waals surface area contributed by atoms with Gasteiger partial charge in [-0.1, -0.05) is 60.7 Å². The van der Waals surface area contributed by atoms with Gasteiger partial charge in [0.2, 0.25) is 5.76 Å². The van der Waals surface area contributed by atoms with Crippen LogP contribution in [0.1, 0.15) is 17.2 Å². The van der Waals surface area contributed by atoms with Gasteiger partial charge in [-0.25, -0.2) is 4.79 Å². The smallest absolute Gasteiger partial charge is 0.374 e. The van der Waals surface area contributed by atoms with Crippen molar-refractivity contribution in [3.05, 3.63) is 77.5 Å². The molecule has 0 bridgehead atoms. The van der Waals surface area contributed by atoms with Crippen LogP contribution in [-0.4, -0.2) is 11.1 Å². The van der Waals surface area contributed by atoms with Gasteiger partial charge in [-0.3, -0.25) is 0 Å². The van der Waals surface area contributed by atoms with Gasteiger partial charge in [-0.05, 0) is 11.1 Å². The van der Waals surface area contributed by atoms with E-state index < -0.39 is 12.1 Å². The average molecular weight is 252 g/mol. The second kappa shape index (κ2) is 4.61. The van der Waals surface area contributed by atoms with Crippen LogP contribution in [-0.2, 0) is 9.53 Å². The molecular weight excluding hydrogens is 240 g/mol. The predicted octanol–water partition coefficient (Wildman–Crippen LogP) is 3.25. The van der Waals surface area contributed by atoms with Crippen molar-refractivity contribution in [2.45, 2.75) is 6.10 Å². The summed E-state index contributed by atoms with van der Waals surface area (Å²) in [6, 6.07) is 18.7. The Labute approximate surface area is 110 Å². The number of rotatable bonds is 2. The van der Waals surface area contributed by atoms with Gasteiger partial charge in [-0.2, -0.15) is 0 Å². The Bertz CT molecular complexity index is 630. The summed E-state index contributed by atoms with van der Waals surface area (Å²) in [6.07, 6.45) is -0.545. The molecule has 0 saturated carbocycles. The molecule has 94 valence electrons. The Morgan fingerprint density at radius 2 is 1.47 bits per heavy atom. The fourth-order valence-corrected chi connectivity index (χ4v) is 2.22. The normalized spacial score (nSPS) is 18.5. The minimum atomic E-state index is -0.673. The molecule has 0 radical (unpaired) electrons. The molecule has 0 fully saturated rings. The Morgan fingerprint density at radius 3 is 2.11 bits per heavy atom. The van der Waals surface area contributed by atoms with E-state index >= 15 is 0 Å². The van der Waals surface area contributed by atoms with Crippen LogP contribution < -0.4 is 0 Å². The third-order valence-corrected chi connectivity index (χ3v) is 3.12. The van der Waals surface area contributed by atoms with Crippen LogP contribution in [0.15, 0.2) is 66.4 Å². The highest BCUT2D eigenvalue weighted by atomic mass is 16.6. The molecule has 19 heavy (non-hydrogen) atoms. The van der Waals surface area contributed by atoms with Crippen LogP contribution in [0.3, 0.4) is 0 Å². The van der Waals surface area contributed by atoms with E-state index in [-0.39, 0.29) is 5.76 Å². The summed E-state index contributed by atoms with van der Waals surface area (Å²) < 4.78 is 5.26. The van der Waals surface area contributed by atoms with Crippen molar-refractivity contribution >= 4 is 11.5 Å². The zero-order chi connectivity index (χ0) is 13.2. The lowest BCUT2D eigenvalue weighted by atomic mass is 9.95. The molecule has 3 rings (SSSR count). The Morgan fingerprint density at radius 1 is 0.895 bits per heavy atom. The molecule has 3 heteroatoms. The van der Waals surface area contributed by atoms with Gasteiger partial charge in [0.25, 0.3) is 0 Å². The first-order chi connectivity index (χ1) is 9.27. The van der Waals surface area contributed by atoms with E-state index in [1.807, 2.05) is 60.7 Å². The number of hydrogen-bond donors (Lipinski definition) is 1. The molecule has 1 unspecified atom stereocenters. The van der Waals surface area contributed by atoms with Crippen LogP contribution in [0.2, 0.25) is 0 Å². The van der Waals surface area contributed by atoms with Gasteiger partial charge in [0, 0.05) is 0 Å². The Hall–Kier alpha value is -2.55. The van der Waals surface area contributed by atoms with Crippen molar-refractivity contribution < 1.29 is 14.6 Å². The van der Waals surface area contributed by atoms with E-state index in [0.717, 1.165) is 11.1 Å². The quantitative estimate of drug-likeness (QED) is 0.834. The highest BCUT2D eigenvalue weighted by molar-refractivity contribution is 6.00. The topological polar surface area (TPSA) is 46.5 Å². The molecule has 3 nitrogen and oxygen atoms in total. The molecule has 0 aromatic heterocycles. The molecule has 0 amide bonds. The van der Waals surface area contributed by atoms with Crippen LogP contribution in [0.25, 0.3) is 5.57 Å². The SMILES string of the molecule is O=C1OC(c2ccccc2)C(c2ccccc2)=C1O. The summed E-state index contributed by atoms with van der Waals surface area (Å²) in [4.78, 5) is 11.6. The molecule has 0 spiro atoms. The van der Waals surface area contributed by atoms with E-state index in [2.05, 4.69) is 0 Å². The van der Waals surface area contributed by atoms with Crippen molar-refractivity contribution in [3.63, 3.8) is 0 Å². The molecule has 1 aliphatic rings. The lowest BCUT2D eigenvalue weighted by Gasteiger charge is -2.14. The number of aliphatic hydroxyl groups excluding tert-OH is 1. The van der Waals surface area contributed by atoms with Crippen molar-refractivity contribution in [2.75, 3.05) is 0 Å². The molecule has 1 atom stereocenters. The molecule has 1 aliphatic heterocycles. The molecule has 2 aromatic carbocycles. The minimum absolute atomic E-state index is 0.306. The number of carbonyl (C=O) groups is 1. The van der Waals surface area contributed by atoms with Gasteiger partial charge >= 0.3 is 5.97 Å². The predicted molar refractivity (Wildman–Crippen MR) is 71.3 cm³/mol. The third kappa shape index (κ3) is 1.99. The van der Waals surface area contributed by atoms with Crippen LogP contribution >= 0.6 is 0 Å². The van der Waals surface area contributed by atoms with Crippen LogP contribution in [0, 0.1) is 0 Å². The lowest BCUT2D eigenvalue weighted by Crippen LogP contribution is -2.03. The summed E-state index contributed by atoms with van der Waals surface area (Å²) in [5, 5.41) is 9.95. The number of esters is 1. The summed E-state index contributed by atoms with van der Waals surface area (Å²) >= 11 is 0. The number of ether oxygens (including phenoxy) is 1. The Balaban J connectivity index is 2.10. The number of cyclic esters (lactones) is 1. The minimum Gasteiger partial charge on any atom is -0.502 e. The van der Waals surface area contributed by atoms with Crippen molar-refractivity contribution in [1.29, 1.82) is 0 Å². The number of benzene rings is 2. The zero-order valence-corrected chi connectivity index (χ0v) is 10.1. The lowest BCUT2D eigenvalue weighted by molar-refractivity contribution is -0.142. The highest BCUT2D eigenvalue weighted by Gasteiger charge is 2.35. The van der Waals surface area contributed by atoms with Gasteiger partial charge in [-0.15, -0.1) is 0 Å². The highest BCUT2D eigenvalue weighted by Crippen LogP contribution is 2.40. The summed E-state index contributed by atoms with van der Waals surface area (Å²) in [5.74, 6) is -0.979. The van der Waals surface area contributed by atoms with E-state index in [1.165, 1.54) is 0 Å². The molecule has 2 aromatic rings. The van der Waals surface area contributed by atoms with E-state index in [9.17, 15) is 9.90 Å². The standard InChI is InChI=1S/C16H12O3/c17-14-13(11-7-3-1-4-8-11)15(19-16(14)18)12-9-5-2-6-10-12/h1-10,15,17H. The number of aliphatic hydroxyl groups is 1. The molecule has 1 heterocycles. The molecule has 0 saturated heterocycles. The first-order valence-electron chi connectivity index (χ1n) is 6.02. The molecular formula is C16H12O3. The van der Waals surface area contributed by atoms with E-state index in [0.29, 0.717) is 5.57 Å². The van der Waals surface area contributed by atoms with Gasteiger partial charge in [0.15, 0.2) is 6.10 Å². The van der Waals surface area contributed by atoms with E-state index in [4.69, 9.17) is 4.74 Å².